The number of hydrogen-bond acceptors (Lipinski definition) is 8. The molecule has 35 heavy (non-hydrogen) atoms. The summed E-state index contributed by atoms with van der Waals surface area (Å²) in [5.41, 5.74) is 2.59. The fourth-order valence-corrected chi connectivity index (χ4v) is 5.81. The van der Waals surface area contributed by atoms with Crippen LogP contribution in [0.5, 0.6) is 11.5 Å². The van der Waals surface area contributed by atoms with Gasteiger partial charge in [0.15, 0.2) is 16.6 Å². The largest absolute Gasteiger partial charge is 0.454 e. The maximum atomic E-state index is 13.4. The number of nitrogens with one attached hydrogen (secondary N) is 1. The summed E-state index contributed by atoms with van der Waals surface area (Å²) in [5.74, 6) is 0.953. The minimum Gasteiger partial charge on any atom is -0.454 e. The van der Waals surface area contributed by atoms with Crippen LogP contribution < -0.4 is 19.7 Å². The van der Waals surface area contributed by atoms with Gasteiger partial charge in [0.25, 0.3) is 5.91 Å². The number of aromatic nitrogens is 1. The lowest BCUT2D eigenvalue weighted by atomic mass is 10.1. The van der Waals surface area contributed by atoms with Gasteiger partial charge < -0.3 is 14.4 Å². The highest BCUT2D eigenvalue weighted by Crippen LogP contribution is 2.37. The van der Waals surface area contributed by atoms with Crippen molar-refractivity contribution in [2.24, 2.45) is 0 Å². The maximum absolute atomic E-state index is 13.4. The molecule has 1 fully saturated rings. The van der Waals surface area contributed by atoms with E-state index in [-0.39, 0.29) is 11.7 Å². The van der Waals surface area contributed by atoms with Gasteiger partial charge in [0.2, 0.25) is 16.8 Å². The maximum Gasteiger partial charge on any atom is 0.259 e. The van der Waals surface area contributed by atoms with Crippen molar-refractivity contribution in [2.75, 3.05) is 44.2 Å². The monoisotopic (exact) mass is 514 g/mol. The van der Waals surface area contributed by atoms with Gasteiger partial charge in [0, 0.05) is 43.8 Å². The number of thiazole rings is 1. The molecule has 0 spiro atoms. The SMILES string of the molecule is CN(C)S(=O)(=O)c1ccc(N2CCCCC2)c(C(=O)Nc2nc(-c3ccc4c(c3)OCO4)cs2)c1. The van der Waals surface area contributed by atoms with Crippen molar-refractivity contribution in [3.8, 4) is 22.8 Å². The van der Waals surface area contributed by atoms with E-state index in [0.29, 0.717) is 27.9 Å². The second-order valence-corrected chi connectivity index (χ2v) is 11.6. The van der Waals surface area contributed by atoms with Gasteiger partial charge in [0.1, 0.15) is 0 Å². The number of carbonyl (C=O) groups excluding carboxylic acids is 1. The quantitative estimate of drug-likeness (QED) is 0.530. The molecule has 1 N–H and O–H groups in total. The minimum atomic E-state index is -3.69. The van der Waals surface area contributed by atoms with E-state index in [1.807, 2.05) is 23.6 Å². The van der Waals surface area contributed by atoms with E-state index in [1.165, 1.54) is 31.5 Å². The fraction of sp³-hybridized carbons (Fsp3) is 0.333. The van der Waals surface area contributed by atoms with Gasteiger partial charge in [-0.1, -0.05) is 0 Å². The van der Waals surface area contributed by atoms with Crippen LogP contribution in [0.4, 0.5) is 10.8 Å². The van der Waals surface area contributed by atoms with E-state index in [2.05, 4.69) is 15.2 Å². The van der Waals surface area contributed by atoms with Gasteiger partial charge in [-0.3, -0.25) is 10.1 Å². The van der Waals surface area contributed by atoms with Crippen LogP contribution in [0.2, 0.25) is 0 Å². The Morgan fingerprint density at radius 3 is 2.60 bits per heavy atom. The normalized spacial score (nSPS) is 15.5. The summed E-state index contributed by atoms with van der Waals surface area (Å²) < 4.78 is 37.4. The Kier molecular flexibility index (Phi) is 6.39. The molecule has 9 nitrogen and oxygen atoms in total. The van der Waals surface area contributed by atoms with Crippen LogP contribution in [-0.4, -0.2) is 57.6 Å². The average Bonchev–Trinajstić information content (AvgIpc) is 3.53. The van der Waals surface area contributed by atoms with Crippen molar-refractivity contribution in [2.45, 2.75) is 24.2 Å². The van der Waals surface area contributed by atoms with Crippen molar-refractivity contribution in [3.05, 3.63) is 47.3 Å². The number of amides is 1. The predicted octanol–water partition coefficient (Wildman–Crippen LogP) is 4.03. The number of benzene rings is 2. The molecular weight excluding hydrogens is 488 g/mol. The van der Waals surface area contributed by atoms with Gasteiger partial charge in [0.05, 0.1) is 16.2 Å². The Labute approximate surface area is 208 Å². The number of nitrogens with zero attached hydrogens (tertiary/aromatic N) is 3. The highest BCUT2D eigenvalue weighted by atomic mass is 32.2. The summed E-state index contributed by atoms with van der Waals surface area (Å²) in [6, 6.07) is 10.3. The van der Waals surface area contributed by atoms with E-state index in [1.54, 1.807) is 12.1 Å². The first-order valence-electron chi connectivity index (χ1n) is 11.3. The lowest BCUT2D eigenvalue weighted by Crippen LogP contribution is -2.32. The molecule has 2 aliphatic rings. The van der Waals surface area contributed by atoms with Gasteiger partial charge in [-0.05, 0) is 55.7 Å². The summed E-state index contributed by atoms with van der Waals surface area (Å²) in [6.45, 7) is 1.84. The summed E-state index contributed by atoms with van der Waals surface area (Å²) in [5, 5.41) is 5.14. The minimum absolute atomic E-state index is 0.0774. The van der Waals surface area contributed by atoms with Crippen molar-refractivity contribution in [1.29, 1.82) is 0 Å². The Morgan fingerprint density at radius 1 is 1.06 bits per heavy atom. The molecule has 2 aliphatic heterocycles. The molecule has 0 saturated carbocycles. The number of piperidine rings is 1. The van der Waals surface area contributed by atoms with Crippen LogP contribution in [0.15, 0.2) is 46.7 Å². The summed E-state index contributed by atoms with van der Waals surface area (Å²) >= 11 is 1.30. The number of sulfonamides is 1. The van der Waals surface area contributed by atoms with Gasteiger partial charge in [-0.2, -0.15) is 0 Å². The lowest BCUT2D eigenvalue weighted by Gasteiger charge is -2.30. The second kappa shape index (κ2) is 9.48. The Bertz CT molecular complexity index is 1360. The number of ether oxygens (including phenoxy) is 2. The molecule has 0 atom stereocenters. The zero-order chi connectivity index (χ0) is 24.6. The molecule has 1 amide bonds. The van der Waals surface area contributed by atoms with Crippen molar-refractivity contribution >= 4 is 38.1 Å². The molecule has 1 saturated heterocycles. The number of fused-ring (bicyclic) bond motifs is 1. The van der Waals surface area contributed by atoms with Crippen molar-refractivity contribution < 1.29 is 22.7 Å². The fourth-order valence-electron chi connectivity index (χ4n) is 4.16. The Hall–Kier alpha value is -3.15. The third-order valence-electron chi connectivity index (χ3n) is 6.08. The van der Waals surface area contributed by atoms with Crippen LogP contribution >= 0.6 is 11.3 Å². The molecule has 3 aromatic rings. The lowest BCUT2D eigenvalue weighted by molar-refractivity contribution is 0.102. The highest BCUT2D eigenvalue weighted by Gasteiger charge is 2.25. The third-order valence-corrected chi connectivity index (χ3v) is 8.65. The molecule has 0 unspecified atom stereocenters. The average molecular weight is 515 g/mol. The van der Waals surface area contributed by atoms with Crippen LogP contribution in [0, 0.1) is 0 Å². The van der Waals surface area contributed by atoms with E-state index < -0.39 is 15.9 Å². The smallest absolute Gasteiger partial charge is 0.259 e. The molecule has 11 heteroatoms. The topological polar surface area (TPSA) is 101 Å². The predicted molar refractivity (Wildman–Crippen MR) is 135 cm³/mol. The van der Waals surface area contributed by atoms with Gasteiger partial charge >= 0.3 is 0 Å². The number of carbonyl (C=O) groups is 1. The van der Waals surface area contributed by atoms with E-state index in [4.69, 9.17) is 9.47 Å². The van der Waals surface area contributed by atoms with E-state index >= 15 is 0 Å². The number of anilines is 2. The Morgan fingerprint density at radius 2 is 1.83 bits per heavy atom. The molecule has 1 aromatic heterocycles. The summed E-state index contributed by atoms with van der Waals surface area (Å²) in [7, 11) is -0.744. The molecule has 0 bridgehead atoms. The number of rotatable bonds is 6. The van der Waals surface area contributed by atoms with Crippen molar-refractivity contribution in [1.82, 2.24) is 9.29 Å². The Balaban J connectivity index is 1.44. The van der Waals surface area contributed by atoms with Gasteiger partial charge in [-0.15, -0.1) is 11.3 Å². The molecular formula is C24H26N4O5S2. The summed E-state index contributed by atoms with van der Waals surface area (Å²) in [6.07, 6.45) is 3.21. The molecule has 0 aliphatic carbocycles. The molecule has 3 heterocycles. The first kappa shape index (κ1) is 23.6. The van der Waals surface area contributed by atoms with E-state index in [9.17, 15) is 13.2 Å². The first-order chi connectivity index (χ1) is 16.8. The number of hydrogen-bond donors (Lipinski definition) is 1. The zero-order valence-electron chi connectivity index (χ0n) is 19.5. The third kappa shape index (κ3) is 4.71. The van der Waals surface area contributed by atoms with Gasteiger partial charge in [-0.25, -0.2) is 17.7 Å². The highest BCUT2D eigenvalue weighted by molar-refractivity contribution is 7.89. The van der Waals surface area contributed by atoms with Crippen molar-refractivity contribution in [3.63, 3.8) is 0 Å². The molecule has 5 rings (SSSR count). The zero-order valence-corrected chi connectivity index (χ0v) is 21.1. The van der Waals surface area contributed by atoms with Crippen LogP contribution in [-0.2, 0) is 10.0 Å². The van der Waals surface area contributed by atoms with Crippen LogP contribution in [0.25, 0.3) is 11.3 Å². The molecule has 184 valence electrons. The van der Waals surface area contributed by atoms with E-state index in [0.717, 1.165) is 47.9 Å². The second-order valence-electron chi connectivity index (χ2n) is 8.57. The molecule has 2 aromatic carbocycles. The summed E-state index contributed by atoms with van der Waals surface area (Å²) in [4.78, 5) is 20.2. The first-order valence-corrected chi connectivity index (χ1v) is 13.6. The van der Waals surface area contributed by atoms with Crippen LogP contribution in [0.1, 0.15) is 29.6 Å². The standard InChI is InChI=1S/C24H26N4O5S2/c1-27(2)35(30,31)17-7-8-20(28-10-4-3-5-11-28)18(13-17)23(29)26-24-25-19(14-34-24)16-6-9-21-22(12-16)33-15-32-21/h6-9,12-14H,3-5,10-11,15H2,1-2H3,(H,25,26,29). The molecule has 0 radical (unpaired) electrons. The van der Waals surface area contributed by atoms with Crippen LogP contribution in [0.3, 0.4) is 0 Å².